The van der Waals surface area contributed by atoms with Gasteiger partial charge in [0.05, 0.1) is 17.2 Å². The fourth-order valence-electron chi connectivity index (χ4n) is 2.62. The summed E-state index contributed by atoms with van der Waals surface area (Å²) in [7, 11) is 0. The van der Waals surface area contributed by atoms with Crippen LogP contribution in [0, 0.1) is 21.4 Å². The van der Waals surface area contributed by atoms with Gasteiger partial charge in [0.25, 0.3) is 5.69 Å². The molecule has 1 N–H and O–H groups in total. The van der Waals surface area contributed by atoms with Gasteiger partial charge < -0.3 is 10.1 Å². The van der Waals surface area contributed by atoms with Gasteiger partial charge in [-0.25, -0.2) is 4.98 Å². The summed E-state index contributed by atoms with van der Waals surface area (Å²) in [6.07, 6.45) is 3.66. The number of non-ortho nitro benzene ring substituents is 1. The Morgan fingerprint density at radius 2 is 2.17 bits per heavy atom. The summed E-state index contributed by atoms with van der Waals surface area (Å²) in [5, 5.41) is 25.9. The van der Waals surface area contributed by atoms with E-state index in [0.29, 0.717) is 28.4 Å². The molecule has 0 saturated carbocycles. The first kappa shape index (κ1) is 21.0. The van der Waals surface area contributed by atoms with E-state index in [0.717, 1.165) is 24.3 Å². The molecule has 0 fully saturated rings. The first-order valence-corrected chi connectivity index (χ1v) is 10.3. The Bertz CT molecular complexity index is 1100. The maximum absolute atomic E-state index is 11.0. The van der Waals surface area contributed by atoms with Gasteiger partial charge in [0.15, 0.2) is 0 Å². The van der Waals surface area contributed by atoms with Gasteiger partial charge in [-0.15, -0.1) is 11.3 Å². The highest BCUT2D eigenvalue weighted by Crippen LogP contribution is 2.28. The van der Waals surface area contributed by atoms with Crippen molar-refractivity contribution >= 4 is 28.3 Å². The fraction of sp³-hybridized carbons (Fsp3) is 0.182. The molecule has 2 aromatic carbocycles. The van der Waals surface area contributed by atoms with Crippen LogP contribution in [0.5, 0.6) is 5.75 Å². The average molecular weight is 420 g/mol. The molecule has 3 rings (SSSR count). The van der Waals surface area contributed by atoms with E-state index in [1.807, 2.05) is 24.3 Å². The second-order valence-corrected chi connectivity index (χ2v) is 7.25. The van der Waals surface area contributed by atoms with Gasteiger partial charge in [-0.05, 0) is 18.6 Å². The number of nitrogens with one attached hydrogen (secondary N) is 1. The maximum Gasteiger partial charge on any atom is 0.270 e. The summed E-state index contributed by atoms with van der Waals surface area (Å²) in [6, 6.07) is 15.9. The van der Waals surface area contributed by atoms with E-state index < -0.39 is 4.92 Å². The molecule has 0 spiro atoms. The number of nitro groups is 1. The van der Waals surface area contributed by atoms with Crippen molar-refractivity contribution in [2.45, 2.75) is 19.8 Å². The first-order valence-electron chi connectivity index (χ1n) is 9.41. The molecule has 152 valence electrons. The summed E-state index contributed by atoms with van der Waals surface area (Å²) < 4.78 is 5.70. The molecule has 0 unspecified atom stereocenters. The summed E-state index contributed by atoms with van der Waals surface area (Å²) in [4.78, 5) is 15.0. The second-order valence-electron chi connectivity index (χ2n) is 6.39. The normalized spacial score (nSPS) is 11.0. The molecule has 0 radical (unpaired) electrons. The molecule has 0 aliphatic heterocycles. The molecule has 0 aliphatic rings. The molecule has 0 aliphatic carbocycles. The lowest BCUT2D eigenvalue weighted by molar-refractivity contribution is -0.384. The van der Waals surface area contributed by atoms with Crippen molar-refractivity contribution in [3.63, 3.8) is 0 Å². The fourth-order valence-corrected chi connectivity index (χ4v) is 3.41. The van der Waals surface area contributed by atoms with Gasteiger partial charge in [0, 0.05) is 41.0 Å². The molecule has 7 nitrogen and oxygen atoms in total. The number of anilines is 1. The number of unbranched alkanes of at least 4 members (excludes halogenated alkanes) is 1. The minimum atomic E-state index is -0.443. The third-order valence-corrected chi connectivity index (χ3v) is 5.07. The summed E-state index contributed by atoms with van der Waals surface area (Å²) in [5.41, 5.74) is 2.39. The molecular formula is C22H20N4O3S. The number of hydrogen-bond donors (Lipinski definition) is 1. The number of nitriles is 1. The molecule has 0 bridgehead atoms. The minimum absolute atomic E-state index is 0.000743. The van der Waals surface area contributed by atoms with Crippen LogP contribution in [0.3, 0.4) is 0 Å². The van der Waals surface area contributed by atoms with Crippen molar-refractivity contribution in [1.29, 1.82) is 5.26 Å². The van der Waals surface area contributed by atoms with Crippen LogP contribution in [0.4, 0.5) is 11.4 Å². The van der Waals surface area contributed by atoms with Crippen LogP contribution >= 0.6 is 11.3 Å². The quantitative estimate of drug-likeness (QED) is 0.201. The highest BCUT2D eigenvalue weighted by Gasteiger charge is 2.12. The second kappa shape index (κ2) is 10.2. The highest BCUT2D eigenvalue weighted by atomic mass is 32.1. The van der Waals surface area contributed by atoms with Crippen LogP contribution in [0.1, 0.15) is 24.8 Å². The Morgan fingerprint density at radius 3 is 2.93 bits per heavy atom. The summed E-state index contributed by atoms with van der Waals surface area (Å²) in [6.45, 7) is 2.78. The zero-order valence-corrected chi connectivity index (χ0v) is 17.2. The third kappa shape index (κ3) is 5.43. The number of rotatable bonds is 9. The molecule has 0 saturated heterocycles. The number of hydrogen-bond acceptors (Lipinski definition) is 7. The zero-order valence-electron chi connectivity index (χ0n) is 16.4. The van der Waals surface area contributed by atoms with E-state index >= 15 is 0 Å². The molecule has 0 amide bonds. The van der Waals surface area contributed by atoms with Crippen LogP contribution in [0.25, 0.3) is 16.8 Å². The first-order chi connectivity index (χ1) is 14.6. The van der Waals surface area contributed by atoms with E-state index in [2.05, 4.69) is 23.3 Å². The molecule has 8 heteroatoms. The van der Waals surface area contributed by atoms with E-state index in [1.165, 1.54) is 23.5 Å². The summed E-state index contributed by atoms with van der Waals surface area (Å²) in [5.74, 6) is 0.766. The molecule has 1 aromatic heterocycles. The van der Waals surface area contributed by atoms with Crippen LogP contribution in [0.2, 0.25) is 0 Å². The number of nitrogens with zero attached hydrogens (tertiary/aromatic N) is 3. The van der Waals surface area contributed by atoms with E-state index in [4.69, 9.17) is 4.74 Å². The summed E-state index contributed by atoms with van der Waals surface area (Å²) >= 11 is 1.31. The van der Waals surface area contributed by atoms with E-state index in [-0.39, 0.29) is 5.69 Å². The van der Waals surface area contributed by atoms with Crippen LogP contribution < -0.4 is 10.1 Å². The highest BCUT2D eigenvalue weighted by molar-refractivity contribution is 7.11. The Kier molecular flexibility index (Phi) is 7.14. The van der Waals surface area contributed by atoms with Crippen molar-refractivity contribution in [3.05, 3.63) is 75.2 Å². The predicted molar refractivity (Wildman–Crippen MR) is 118 cm³/mol. The Balaban J connectivity index is 1.75. The van der Waals surface area contributed by atoms with Gasteiger partial charge in [-0.1, -0.05) is 31.5 Å². The molecular weight excluding hydrogens is 400 g/mol. The smallest absolute Gasteiger partial charge is 0.270 e. The minimum Gasteiger partial charge on any atom is -0.494 e. The number of nitro benzene ring substituents is 1. The Labute approximate surface area is 178 Å². The van der Waals surface area contributed by atoms with Crippen LogP contribution in [-0.2, 0) is 0 Å². The van der Waals surface area contributed by atoms with Gasteiger partial charge in [-0.2, -0.15) is 5.26 Å². The topological polar surface area (TPSA) is 101 Å². The van der Waals surface area contributed by atoms with Crippen molar-refractivity contribution < 1.29 is 9.66 Å². The number of benzene rings is 2. The number of ether oxygens (including phenoxy) is 1. The van der Waals surface area contributed by atoms with E-state index in [1.54, 1.807) is 23.7 Å². The predicted octanol–water partition coefficient (Wildman–Crippen LogP) is 5.87. The SMILES string of the molecule is CCCCOc1cccc(N/C=C(\C#N)c2nc(-c3cccc([N+](=O)[O-])c3)cs2)c1. The lowest BCUT2D eigenvalue weighted by Gasteiger charge is -2.07. The van der Waals surface area contributed by atoms with E-state index in [9.17, 15) is 15.4 Å². The molecule has 30 heavy (non-hydrogen) atoms. The van der Waals surface area contributed by atoms with Gasteiger partial charge in [-0.3, -0.25) is 10.1 Å². The monoisotopic (exact) mass is 420 g/mol. The van der Waals surface area contributed by atoms with Crippen LogP contribution in [0.15, 0.2) is 60.1 Å². The maximum atomic E-state index is 11.0. The molecule has 1 heterocycles. The van der Waals surface area contributed by atoms with Gasteiger partial charge in [0.2, 0.25) is 0 Å². The number of allylic oxidation sites excluding steroid dienone is 1. The van der Waals surface area contributed by atoms with Crippen LogP contribution in [-0.4, -0.2) is 16.5 Å². The number of aromatic nitrogens is 1. The van der Waals surface area contributed by atoms with Crippen molar-refractivity contribution in [2.24, 2.45) is 0 Å². The van der Waals surface area contributed by atoms with Gasteiger partial charge in [0.1, 0.15) is 22.4 Å². The molecule has 0 atom stereocenters. The average Bonchev–Trinajstić information content (AvgIpc) is 3.25. The lowest BCUT2D eigenvalue weighted by Crippen LogP contribution is -1.97. The zero-order chi connectivity index (χ0) is 21.3. The lowest BCUT2D eigenvalue weighted by atomic mass is 10.1. The number of thiazole rings is 1. The van der Waals surface area contributed by atoms with Gasteiger partial charge >= 0.3 is 0 Å². The Hall–Kier alpha value is -3.70. The van der Waals surface area contributed by atoms with Crippen molar-refractivity contribution in [2.75, 3.05) is 11.9 Å². The standard InChI is InChI=1S/C22H20N4O3S/c1-2-3-10-29-20-9-5-7-18(12-20)24-14-17(13-23)22-25-21(15-30-22)16-6-4-8-19(11-16)26(27)28/h4-9,11-12,14-15,24H,2-3,10H2,1H3/b17-14+. The van der Waals surface area contributed by atoms with Crippen molar-refractivity contribution in [3.8, 4) is 23.1 Å². The Morgan fingerprint density at radius 1 is 1.33 bits per heavy atom. The van der Waals surface area contributed by atoms with Crippen molar-refractivity contribution in [1.82, 2.24) is 4.98 Å². The third-order valence-electron chi connectivity index (χ3n) is 4.19. The molecule has 3 aromatic rings. The largest absolute Gasteiger partial charge is 0.494 e.